The van der Waals surface area contributed by atoms with Gasteiger partial charge in [-0.05, 0) is 53.6 Å². The fourth-order valence-corrected chi connectivity index (χ4v) is 3.80. The first-order valence-corrected chi connectivity index (χ1v) is 10.6. The fraction of sp³-hybridized carbons (Fsp3) is 0.0714. The number of fused-ring (bicyclic) bond motifs is 2. The number of hydrogen-bond acceptors (Lipinski definition) is 3. The highest BCUT2D eigenvalue weighted by Gasteiger charge is 2.13. The van der Waals surface area contributed by atoms with Gasteiger partial charge in [0.15, 0.2) is 0 Å². The molecule has 0 aliphatic carbocycles. The number of benzene rings is 4. The number of imidazole rings is 1. The highest BCUT2D eigenvalue weighted by atomic mass is 19.1. The zero-order chi connectivity index (χ0) is 22.8. The molecule has 1 N–H and O–H groups in total. The summed E-state index contributed by atoms with van der Waals surface area (Å²) in [5.74, 6) is 0.695. The molecule has 0 spiro atoms. The Bertz CT molecular complexity index is 1540. The van der Waals surface area contributed by atoms with Gasteiger partial charge in [0.25, 0.3) is 0 Å². The second-order valence-electron chi connectivity index (χ2n) is 7.89. The number of H-pyrrole nitrogens is 1. The van der Waals surface area contributed by atoms with Crippen LogP contribution in [0.5, 0.6) is 5.75 Å². The highest BCUT2D eigenvalue weighted by Crippen LogP contribution is 2.32. The normalized spacial score (nSPS) is 11.6. The van der Waals surface area contributed by atoms with Gasteiger partial charge in [0.2, 0.25) is 0 Å². The van der Waals surface area contributed by atoms with E-state index in [1.54, 1.807) is 12.1 Å². The number of hydrogen-bond donors (Lipinski definition) is 1. The second-order valence-corrected chi connectivity index (χ2v) is 7.89. The van der Waals surface area contributed by atoms with Crippen LogP contribution in [-0.4, -0.2) is 9.97 Å². The minimum atomic E-state index is -0.360. The monoisotopic (exact) mass is 433 g/mol. The number of aryl methyl sites for hydroxylation is 1. The van der Waals surface area contributed by atoms with E-state index in [1.807, 2.05) is 55.5 Å². The average molecular weight is 433 g/mol. The predicted molar refractivity (Wildman–Crippen MR) is 129 cm³/mol. The first-order chi connectivity index (χ1) is 16.1. The molecule has 33 heavy (non-hydrogen) atoms. The molecule has 0 aliphatic rings. The molecule has 0 unspecified atom stereocenters. The molecule has 0 saturated carbocycles. The van der Waals surface area contributed by atoms with E-state index in [1.165, 1.54) is 17.7 Å². The highest BCUT2D eigenvalue weighted by molar-refractivity contribution is 6.00. The van der Waals surface area contributed by atoms with Gasteiger partial charge in [0.05, 0.1) is 16.6 Å². The molecule has 5 heteroatoms. The number of ether oxygens (including phenoxy) is 1. The third-order valence-corrected chi connectivity index (χ3v) is 5.55. The van der Waals surface area contributed by atoms with Crippen molar-refractivity contribution in [3.63, 3.8) is 0 Å². The summed E-state index contributed by atoms with van der Waals surface area (Å²) in [5.41, 5.74) is 4.52. The molecule has 1 heterocycles. The van der Waals surface area contributed by atoms with Crippen molar-refractivity contribution in [2.45, 2.75) is 13.5 Å². The smallest absolute Gasteiger partial charge is 0.149 e. The van der Waals surface area contributed by atoms with Crippen LogP contribution >= 0.6 is 0 Å². The third kappa shape index (κ3) is 4.19. The molecule has 160 valence electrons. The number of rotatable bonds is 5. The Hall–Kier alpha value is -4.43. The first kappa shape index (κ1) is 20.5. The van der Waals surface area contributed by atoms with Gasteiger partial charge in [0.1, 0.15) is 30.1 Å². The van der Waals surface area contributed by atoms with E-state index in [0.29, 0.717) is 34.8 Å². The van der Waals surface area contributed by atoms with Crippen molar-refractivity contribution in [2.24, 2.45) is 0 Å². The molecule has 0 saturated heterocycles. The number of aromatic nitrogens is 2. The van der Waals surface area contributed by atoms with Gasteiger partial charge in [-0.3, -0.25) is 0 Å². The zero-order valence-electron chi connectivity index (χ0n) is 18.0. The van der Waals surface area contributed by atoms with Crippen LogP contribution in [0.3, 0.4) is 0 Å². The summed E-state index contributed by atoms with van der Waals surface area (Å²) in [4.78, 5) is 7.53. The van der Waals surface area contributed by atoms with E-state index >= 15 is 0 Å². The maximum Gasteiger partial charge on any atom is 0.149 e. The Labute approximate surface area is 190 Å². The van der Waals surface area contributed by atoms with Crippen LogP contribution in [-0.2, 0) is 6.61 Å². The van der Waals surface area contributed by atoms with Crippen molar-refractivity contribution in [2.75, 3.05) is 0 Å². The largest absolute Gasteiger partial charge is 0.488 e. The quantitative estimate of drug-likeness (QED) is 0.310. The maximum absolute atomic E-state index is 13.6. The minimum Gasteiger partial charge on any atom is -0.488 e. The number of nitrogens with zero attached hydrogens (tertiary/aromatic N) is 2. The van der Waals surface area contributed by atoms with Gasteiger partial charge in [0, 0.05) is 5.56 Å². The lowest BCUT2D eigenvalue weighted by Gasteiger charge is -2.13. The minimum absolute atomic E-state index is 0.336. The van der Waals surface area contributed by atoms with E-state index < -0.39 is 0 Å². The van der Waals surface area contributed by atoms with Gasteiger partial charge in [-0.15, -0.1) is 0 Å². The molecule has 0 fully saturated rings. The molecule has 4 aromatic carbocycles. The third-order valence-electron chi connectivity index (χ3n) is 5.55. The van der Waals surface area contributed by atoms with Crippen molar-refractivity contribution >= 4 is 33.5 Å². The van der Waals surface area contributed by atoms with Crippen LogP contribution < -0.4 is 4.74 Å². The molecule has 0 amide bonds. The summed E-state index contributed by atoms with van der Waals surface area (Å²) in [5, 5.41) is 11.9. The number of nitrogens with one attached hydrogen (secondary N) is 1. The molecule has 0 bridgehead atoms. The van der Waals surface area contributed by atoms with Crippen molar-refractivity contribution in [3.05, 3.63) is 107 Å². The summed E-state index contributed by atoms with van der Waals surface area (Å²) in [6.07, 6.45) is 1.78. The number of nitriles is 1. The zero-order valence-corrected chi connectivity index (χ0v) is 18.0. The molecule has 0 atom stereocenters. The summed E-state index contributed by atoms with van der Waals surface area (Å²) in [6.45, 7) is 2.46. The lowest BCUT2D eigenvalue weighted by Crippen LogP contribution is -1.98. The summed E-state index contributed by atoms with van der Waals surface area (Å²) >= 11 is 0. The van der Waals surface area contributed by atoms with E-state index in [0.717, 1.165) is 21.9 Å². The van der Waals surface area contributed by atoms with Crippen LogP contribution in [0.4, 0.5) is 4.39 Å². The summed E-state index contributed by atoms with van der Waals surface area (Å²) in [6, 6.07) is 26.6. The standard InChI is InChI=1S/C28H20FN3O/c1-18-6-8-19(9-7-18)17-33-27-13-10-20-4-2-3-5-23(20)24(27)14-21(16-30)28-31-25-12-11-22(29)15-26(25)32-28/h2-15H,17H2,1H3,(H,31,32)/b21-14-. The van der Waals surface area contributed by atoms with Crippen LogP contribution in [0.15, 0.2) is 78.9 Å². The summed E-state index contributed by atoms with van der Waals surface area (Å²) < 4.78 is 19.8. The molecule has 5 aromatic rings. The Balaban J connectivity index is 1.59. The molecular formula is C28H20FN3O. The topological polar surface area (TPSA) is 61.7 Å². The van der Waals surface area contributed by atoms with E-state index in [9.17, 15) is 9.65 Å². The van der Waals surface area contributed by atoms with Gasteiger partial charge in [-0.25, -0.2) is 9.37 Å². The van der Waals surface area contributed by atoms with Crippen molar-refractivity contribution in [1.82, 2.24) is 9.97 Å². The van der Waals surface area contributed by atoms with Gasteiger partial charge >= 0.3 is 0 Å². The molecular weight excluding hydrogens is 413 g/mol. The lowest BCUT2D eigenvalue weighted by atomic mass is 10.0. The SMILES string of the molecule is Cc1ccc(COc2ccc3ccccc3c2/C=C(/C#N)c2nc3ccc(F)cc3[nH]2)cc1. The Morgan fingerprint density at radius 3 is 2.70 bits per heavy atom. The van der Waals surface area contributed by atoms with Crippen molar-refractivity contribution in [1.29, 1.82) is 5.26 Å². The van der Waals surface area contributed by atoms with E-state index in [4.69, 9.17) is 4.74 Å². The van der Waals surface area contributed by atoms with E-state index in [-0.39, 0.29) is 5.82 Å². The molecule has 0 aliphatic heterocycles. The van der Waals surface area contributed by atoms with Crippen LogP contribution in [0, 0.1) is 24.1 Å². The van der Waals surface area contributed by atoms with Crippen molar-refractivity contribution < 1.29 is 9.13 Å². The molecule has 0 radical (unpaired) electrons. The molecule has 5 rings (SSSR count). The second kappa shape index (κ2) is 8.60. The lowest BCUT2D eigenvalue weighted by molar-refractivity contribution is 0.306. The Kier molecular flexibility index (Phi) is 5.34. The Morgan fingerprint density at radius 1 is 1.06 bits per heavy atom. The first-order valence-electron chi connectivity index (χ1n) is 10.6. The number of aromatic amines is 1. The predicted octanol–water partition coefficient (Wildman–Crippen LogP) is 6.81. The van der Waals surface area contributed by atoms with Crippen LogP contribution in [0.25, 0.3) is 33.5 Å². The number of allylic oxidation sites excluding steroid dienone is 1. The van der Waals surface area contributed by atoms with Gasteiger partial charge in [-0.1, -0.05) is 60.2 Å². The van der Waals surface area contributed by atoms with Gasteiger partial charge < -0.3 is 9.72 Å². The average Bonchev–Trinajstić information content (AvgIpc) is 3.25. The van der Waals surface area contributed by atoms with E-state index in [2.05, 4.69) is 28.2 Å². The maximum atomic E-state index is 13.6. The van der Waals surface area contributed by atoms with Crippen molar-refractivity contribution in [3.8, 4) is 11.8 Å². The molecule has 1 aromatic heterocycles. The molecule has 4 nitrogen and oxygen atoms in total. The summed E-state index contributed by atoms with van der Waals surface area (Å²) in [7, 11) is 0. The fourth-order valence-electron chi connectivity index (χ4n) is 3.80. The van der Waals surface area contributed by atoms with Gasteiger partial charge in [-0.2, -0.15) is 5.26 Å². The van der Waals surface area contributed by atoms with Crippen LogP contribution in [0.2, 0.25) is 0 Å². The number of halogens is 1. The Morgan fingerprint density at radius 2 is 1.88 bits per heavy atom. The van der Waals surface area contributed by atoms with Crippen LogP contribution in [0.1, 0.15) is 22.5 Å².